The van der Waals surface area contributed by atoms with Crippen molar-refractivity contribution in [1.29, 1.82) is 0 Å². The Bertz CT molecular complexity index is 5320. The minimum absolute atomic E-state index is 0.0340. The Morgan fingerprint density at radius 1 is 0.337 bits per heavy atom. The molecule has 16 aromatic rings. The van der Waals surface area contributed by atoms with Crippen molar-refractivity contribution in [1.82, 2.24) is 31.6 Å². The number of para-hydroxylation sites is 3. The summed E-state index contributed by atoms with van der Waals surface area (Å²) in [4.78, 5) is 3.67. The summed E-state index contributed by atoms with van der Waals surface area (Å²) >= 11 is 9.31. The van der Waals surface area contributed by atoms with Gasteiger partial charge in [0.25, 0.3) is 0 Å². The van der Waals surface area contributed by atoms with Gasteiger partial charge in [-0.15, -0.1) is 0 Å². The molecule has 0 atom stereocenters. The first-order valence-corrected chi connectivity index (χ1v) is 32.2. The van der Waals surface area contributed by atoms with Crippen LogP contribution in [-0.4, -0.2) is 31.6 Å². The molecule has 3 aliphatic carbocycles. The van der Waals surface area contributed by atoms with Crippen molar-refractivity contribution < 1.29 is 0 Å². The molecule has 0 fully saturated rings. The number of nitrogens with zero attached hydrogens (tertiary/aromatic N) is 6. The van der Waals surface area contributed by atoms with Gasteiger partial charge >= 0.3 is 0 Å². The zero-order valence-electron chi connectivity index (χ0n) is 47.9. The quantitative estimate of drug-likeness (QED) is 0.187. The van der Waals surface area contributed by atoms with E-state index >= 15 is 0 Å². The van der Waals surface area contributed by atoms with E-state index in [0.717, 1.165) is 42.4 Å². The molecule has 5 heterocycles. The monoisotopic (exact) mass is 1270 g/mol. The Kier molecular flexibility index (Phi) is 11.3. The summed E-state index contributed by atoms with van der Waals surface area (Å²) in [7, 11) is 0. The highest BCUT2D eigenvalue weighted by atomic mass is 79.9. The maximum atomic E-state index is 5.12. The van der Waals surface area contributed by atoms with E-state index in [1.54, 1.807) is 0 Å². The third-order valence-corrected chi connectivity index (χ3v) is 21.4. The van der Waals surface area contributed by atoms with Crippen LogP contribution in [-0.2, 0) is 16.2 Å². The van der Waals surface area contributed by atoms with Gasteiger partial charge in [-0.3, -0.25) is 0 Å². The van der Waals surface area contributed by atoms with Gasteiger partial charge in [0.05, 0.1) is 62.4 Å². The fourth-order valence-electron chi connectivity index (χ4n) is 15.3. The minimum Gasteiger partial charge on any atom is -0.354 e. The predicted molar refractivity (Wildman–Crippen MR) is 367 cm³/mol. The van der Waals surface area contributed by atoms with Crippen LogP contribution in [0, 0.1) is 0 Å². The van der Waals surface area contributed by atoms with Crippen LogP contribution in [0.2, 0.25) is 0 Å². The van der Waals surface area contributed by atoms with Gasteiger partial charge in [0, 0.05) is 63.0 Å². The Hall–Kier alpha value is -8.58. The molecule has 11 heteroatoms. The lowest BCUT2D eigenvalue weighted by Gasteiger charge is -2.24. The van der Waals surface area contributed by atoms with Gasteiger partial charge in [-0.05, 0) is 141 Å². The summed E-state index contributed by atoms with van der Waals surface area (Å²) < 4.78 is 25.4. The second-order valence-electron chi connectivity index (χ2n) is 24.6. The molecule has 0 amide bonds. The van der Waals surface area contributed by atoms with Gasteiger partial charge in [-0.2, -0.15) is 17.5 Å². The summed E-state index contributed by atoms with van der Waals surface area (Å²) in [5.41, 5.74) is 29.2. The van der Waals surface area contributed by atoms with Crippen LogP contribution in [0.3, 0.4) is 0 Å². The number of benzene rings is 11. The van der Waals surface area contributed by atoms with Crippen LogP contribution in [0.1, 0.15) is 74.9 Å². The zero-order valence-corrected chi connectivity index (χ0v) is 52.7. The molecule has 414 valence electrons. The van der Waals surface area contributed by atoms with E-state index in [4.69, 9.17) is 8.75 Å². The largest absolute Gasteiger partial charge is 0.354 e. The summed E-state index contributed by atoms with van der Waals surface area (Å²) in [5.74, 6) is 0. The molecule has 0 unspecified atom stereocenters. The summed E-state index contributed by atoms with van der Waals surface area (Å²) in [5, 5.41) is 7.66. The zero-order chi connectivity index (χ0) is 58.1. The third kappa shape index (κ3) is 7.11. The van der Waals surface area contributed by atoms with Crippen molar-refractivity contribution in [2.75, 3.05) is 0 Å². The lowest BCUT2D eigenvalue weighted by atomic mass is 9.81. The number of H-pyrrole nitrogens is 1. The Labute approximate surface area is 521 Å². The second kappa shape index (κ2) is 18.7. The molecule has 19 rings (SSSR count). The van der Waals surface area contributed by atoms with E-state index in [0.29, 0.717) is 0 Å². The Morgan fingerprint density at radius 3 is 1.19 bits per heavy atom. The lowest BCUT2D eigenvalue weighted by molar-refractivity contribution is 0.663. The van der Waals surface area contributed by atoms with Gasteiger partial charge in [0.1, 0.15) is 22.1 Å². The predicted octanol–water partition coefficient (Wildman–Crippen LogP) is 21.3. The average Bonchev–Trinajstić information content (AvgIpc) is 1.66. The molecule has 1 N–H and O–H groups in total. The van der Waals surface area contributed by atoms with Gasteiger partial charge in [0.2, 0.25) is 0 Å². The number of aromatic amines is 1. The van der Waals surface area contributed by atoms with Crippen molar-refractivity contribution in [3.8, 4) is 44.8 Å². The number of nitrogens with one attached hydrogen (secondary N) is 1. The van der Waals surface area contributed by atoms with Gasteiger partial charge in [-0.25, -0.2) is 0 Å². The maximum absolute atomic E-state index is 5.12. The average molecular weight is 1280 g/mol. The lowest BCUT2D eigenvalue weighted by Crippen LogP contribution is -2.17. The smallest absolute Gasteiger partial charge is 0.130 e. The van der Waals surface area contributed by atoms with Crippen LogP contribution in [0.25, 0.3) is 132 Å². The molecule has 0 spiro atoms. The first-order chi connectivity index (χ1) is 41.8. The van der Waals surface area contributed by atoms with Crippen LogP contribution in [0.4, 0.5) is 0 Å². The molecule has 3 aliphatic rings. The van der Waals surface area contributed by atoms with Crippen molar-refractivity contribution >= 4 is 143 Å². The number of aromatic nitrogens is 7. The topological polar surface area (TPSA) is 77.2 Å². The van der Waals surface area contributed by atoms with E-state index in [1.807, 2.05) is 12.1 Å². The number of hydrogen-bond acceptors (Lipinski definition) is 6. The normalized spacial score (nSPS) is 14.6. The van der Waals surface area contributed by atoms with Gasteiger partial charge in [0.15, 0.2) is 0 Å². The van der Waals surface area contributed by atoms with Crippen molar-refractivity contribution in [3.05, 3.63) is 249 Å². The van der Waals surface area contributed by atoms with Crippen molar-refractivity contribution in [3.63, 3.8) is 0 Å². The van der Waals surface area contributed by atoms with Gasteiger partial charge in [-0.1, -0.05) is 205 Å². The molecule has 0 radical (unpaired) electrons. The third-order valence-electron chi connectivity index (χ3n) is 19.1. The van der Waals surface area contributed by atoms with E-state index in [1.165, 1.54) is 156 Å². The molecule has 0 saturated heterocycles. The Balaban J connectivity index is 0.000000142. The van der Waals surface area contributed by atoms with Gasteiger partial charge < -0.3 is 14.1 Å². The van der Waals surface area contributed by atoms with Crippen molar-refractivity contribution in [2.45, 2.75) is 57.8 Å². The van der Waals surface area contributed by atoms with Crippen LogP contribution in [0.5, 0.6) is 0 Å². The first kappa shape index (κ1) is 51.8. The van der Waals surface area contributed by atoms with E-state index in [-0.39, 0.29) is 16.2 Å². The summed E-state index contributed by atoms with van der Waals surface area (Å²) in [6, 6.07) is 75.3. The number of halogens is 2. The summed E-state index contributed by atoms with van der Waals surface area (Å²) in [6.45, 7) is 14.2. The second-order valence-corrected chi connectivity index (χ2v) is 27.4. The summed E-state index contributed by atoms with van der Waals surface area (Å²) in [6.07, 6.45) is 0. The molecule has 0 aliphatic heterocycles. The number of hydrogen-bond donors (Lipinski definition) is 1. The van der Waals surface area contributed by atoms with Crippen LogP contribution >= 0.6 is 55.3 Å². The maximum Gasteiger partial charge on any atom is 0.130 e. The highest BCUT2D eigenvalue weighted by molar-refractivity contribution is 9.11. The molecular weight excluding hydrogens is 1220 g/mol. The van der Waals surface area contributed by atoms with E-state index in [9.17, 15) is 0 Å². The minimum atomic E-state index is -0.176. The molecule has 0 saturated carbocycles. The van der Waals surface area contributed by atoms with Crippen LogP contribution in [0.15, 0.2) is 215 Å². The van der Waals surface area contributed by atoms with E-state index in [2.05, 4.69) is 290 Å². The highest BCUT2D eigenvalue weighted by Gasteiger charge is 2.41. The number of fused-ring (bicyclic) bond motifs is 23. The fraction of sp³-hybridized carbons (Fsp3) is 0.120. The fourth-order valence-corrected chi connectivity index (χ4v) is 17.5. The standard InChI is InChI=1S/C48H34N4S.C21H17N.C6H2Br2N2S/c1-47(2)35-17-9-5-13-27(35)31-21-23-33-29-15-7-11-19-37(29)51(45(33)41(31)47)39-25-26-40(44-43(39)49-53-50-44)52-38-20-12-8-16-30(38)34-24-22-32-28-14-6-10-18-36(28)48(3,4)42(32)46(34)52;1-21(2)17-9-5-3-7-13(17)15-11-12-16-14-8-4-6-10-18(14)22-20(16)19(15)21;7-3-1-2-4(8)6-5(3)9-11-10-6/h5-26H,1-4H3;3-12,22H,1-2H3;1-2H. The van der Waals surface area contributed by atoms with Crippen LogP contribution < -0.4 is 0 Å². The molecular formula is C75H53Br2N7S2. The van der Waals surface area contributed by atoms with E-state index < -0.39 is 0 Å². The molecule has 0 bridgehead atoms. The molecule has 5 aromatic heterocycles. The Morgan fingerprint density at radius 2 is 0.709 bits per heavy atom. The molecule has 7 nitrogen and oxygen atoms in total. The highest BCUT2D eigenvalue weighted by Crippen LogP contribution is 2.56. The molecule has 11 aromatic carbocycles. The van der Waals surface area contributed by atoms with Crippen molar-refractivity contribution in [2.24, 2.45) is 0 Å². The number of rotatable bonds is 2. The molecule has 86 heavy (non-hydrogen) atoms. The first-order valence-electron chi connectivity index (χ1n) is 29.1. The SMILES string of the molecule is Brc1ccc(Br)c2nsnc12.CC1(C)c2ccccc2-c2ccc3c([nH]c4ccccc43)c21.CC1(C)c2ccccc2-c2ccc3c4ccccc4n(-c4ccc(-n5c6ccccc6c6ccc7c(c65)C(C)(C)c5ccccc5-7)c5nsnc45)c3c21.